The van der Waals surface area contributed by atoms with Gasteiger partial charge in [0, 0.05) is 28.1 Å². The van der Waals surface area contributed by atoms with Crippen molar-refractivity contribution in [1.29, 1.82) is 0 Å². The van der Waals surface area contributed by atoms with Gasteiger partial charge in [-0.25, -0.2) is 0 Å². The molecular formula is C16H24BrClN2. The molecule has 20 heavy (non-hydrogen) atoms. The molecule has 2 nitrogen and oxygen atoms in total. The van der Waals surface area contributed by atoms with Gasteiger partial charge in [0.15, 0.2) is 0 Å². The van der Waals surface area contributed by atoms with Crippen molar-refractivity contribution in [3.8, 4) is 0 Å². The lowest BCUT2D eigenvalue weighted by Crippen LogP contribution is -2.40. The molecule has 0 heterocycles. The first-order valence-corrected chi connectivity index (χ1v) is 8.70. The smallest absolute Gasteiger partial charge is 0.0410 e. The summed E-state index contributed by atoms with van der Waals surface area (Å²) in [5, 5.41) is 0.810. The number of benzene rings is 1. The summed E-state index contributed by atoms with van der Waals surface area (Å²) in [6.45, 7) is 4.35. The molecule has 0 bridgehead atoms. The molecule has 0 aromatic heterocycles. The molecule has 2 rings (SSSR count). The van der Waals surface area contributed by atoms with Crippen LogP contribution in [0.5, 0.6) is 0 Å². The fourth-order valence-electron chi connectivity index (χ4n) is 3.03. The Kier molecular flexibility index (Phi) is 6.34. The van der Waals surface area contributed by atoms with Crippen molar-refractivity contribution in [3.63, 3.8) is 0 Å². The van der Waals surface area contributed by atoms with E-state index in [0.29, 0.717) is 12.1 Å². The SMILES string of the molecule is CCCN(Cc1cc(Cl)ccc1Br)C1CCC(N)CC1. The lowest BCUT2D eigenvalue weighted by atomic mass is 9.90. The fourth-order valence-corrected chi connectivity index (χ4v) is 3.59. The molecule has 0 aliphatic heterocycles. The molecule has 0 amide bonds. The molecule has 0 radical (unpaired) electrons. The maximum absolute atomic E-state index is 6.13. The summed E-state index contributed by atoms with van der Waals surface area (Å²) in [5.41, 5.74) is 7.30. The van der Waals surface area contributed by atoms with E-state index >= 15 is 0 Å². The zero-order valence-corrected chi connectivity index (χ0v) is 14.5. The van der Waals surface area contributed by atoms with Crippen LogP contribution in [0.1, 0.15) is 44.6 Å². The minimum atomic E-state index is 0.410. The second-order valence-electron chi connectivity index (χ2n) is 5.77. The van der Waals surface area contributed by atoms with Crippen LogP contribution in [-0.2, 0) is 6.54 Å². The highest BCUT2D eigenvalue weighted by atomic mass is 79.9. The average molecular weight is 360 g/mol. The Labute approximate surface area is 135 Å². The molecule has 1 aliphatic rings. The first kappa shape index (κ1) is 16.3. The molecule has 0 unspecified atom stereocenters. The van der Waals surface area contributed by atoms with Gasteiger partial charge in [-0.1, -0.05) is 34.5 Å². The Balaban J connectivity index is 2.06. The molecule has 0 spiro atoms. The van der Waals surface area contributed by atoms with E-state index in [1.807, 2.05) is 12.1 Å². The molecule has 1 aliphatic carbocycles. The Morgan fingerprint density at radius 3 is 2.65 bits per heavy atom. The molecule has 1 aromatic carbocycles. The predicted octanol–water partition coefficient (Wildman–Crippen LogP) is 4.58. The number of halogens is 2. The van der Waals surface area contributed by atoms with Gasteiger partial charge < -0.3 is 5.73 Å². The van der Waals surface area contributed by atoms with Crippen LogP contribution >= 0.6 is 27.5 Å². The summed E-state index contributed by atoms with van der Waals surface area (Å²) < 4.78 is 1.15. The van der Waals surface area contributed by atoms with Gasteiger partial charge in [0.2, 0.25) is 0 Å². The van der Waals surface area contributed by atoms with Crippen molar-refractivity contribution in [2.24, 2.45) is 5.73 Å². The van der Waals surface area contributed by atoms with Crippen molar-refractivity contribution in [1.82, 2.24) is 4.90 Å². The molecule has 0 atom stereocenters. The number of nitrogens with zero attached hydrogens (tertiary/aromatic N) is 1. The summed E-state index contributed by atoms with van der Waals surface area (Å²) >= 11 is 9.76. The number of hydrogen-bond donors (Lipinski definition) is 1. The van der Waals surface area contributed by atoms with E-state index in [9.17, 15) is 0 Å². The lowest BCUT2D eigenvalue weighted by molar-refractivity contribution is 0.142. The first-order valence-electron chi connectivity index (χ1n) is 7.53. The van der Waals surface area contributed by atoms with Crippen molar-refractivity contribution >= 4 is 27.5 Å². The summed E-state index contributed by atoms with van der Waals surface area (Å²) in [6.07, 6.45) is 5.93. The van der Waals surface area contributed by atoms with E-state index < -0.39 is 0 Å². The van der Waals surface area contributed by atoms with Gasteiger partial charge >= 0.3 is 0 Å². The van der Waals surface area contributed by atoms with Gasteiger partial charge in [-0.3, -0.25) is 4.90 Å². The Bertz CT molecular complexity index is 430. The van der Waals surface area contributed by atoms with Crippen molar-refractivity contribution in [3.05, 3.63) is 33.3 Å². The van der Waals surface area contributed by atoms with Crippen LogP contribution in [0.4, 0.5) is 0 Å². The Morgan fingerprint density at radius 1 is 1.30 bits per heavy atom. The zero-order chi connectivity index (χ0) is 14.5. The number of hydrogen-bond acceptors (Lipinski definition) is 2. The second kappa shape index (κ2) is 7.79. The standard InChI is InChI=1S/C16H24BrClN2/c1-2-9-20(15-6-4-14(19)5-7-15)11-12-10-13(18)3-8-16(12)17/h3,8,10,14-15H,2,4-7,9,11,19H2,1H3. The Morgan fingerprint density at radius 2 is 2.00 bits per heavy atom. The molecule has 1 aromatic rings. The van der Waals surface area contributed by atoms with Crippen LogP contribution < -0.4 is 5.73 Å². The molecule has 4 heteroatoms. The van der Waals surface area contributed by atoms with Crippen LogP contribution in [-0.4, -0.2) is 23.5 Å². The molecule has 112 valence electrons. The van der Waals surface area contributed by atoms with Gasteiger partial charge in [0.1, 0.15) is 0 Å². The highest BCUT2D eigenvalue weighted by Gasteiger charge is 2.24. The third-order valence-electron chi connectivity index (χ3n) is 4.15. The highest BCUT2D eigenvalue weighted by molar-refractivity contribution is 9.10. The van der Waals surface area contributed by atoms with Crippen molar-refractivity contribution < 1.29 is 0 Å². The lowest BCUT2D eigenvalue weighted by Gasteiger charge is -2.36. The van der Waals surface area contributed by atoms with Gasteiger partial charge in [-0.05, 0) is 62.4 Å². The fraction of sp³-hybridized carbons (Fsp3) is 0.625. The molecule has 1 saturated carbocycles. The zero-order valence-electron chi connectivity index (χ0n) is 12.1. The van der Waals surface area contributed by atoms with Crippen LogP contribution in [0.3, 0.4) is 0 Å². The molecule has 1 fully saturated rings. The van der Waals surface area contributed by atoms with E-state index in [0.717, 1.165) is 35.4 Å². The van der Waals surface area contributed by atoms with E-state index in [2.05, 4.69) is 33.8 Å². The summed E-state index contributed by atoms with van der Waals surface area (Å²) in [5.74, 6) is 0. The molecular weight excluding hydrogens is 336 g/mol. The second-order valence-corrected chi connectivity index (χ2v) is 7.07. The largest absolute Gasteiger partial charge is 0.328 e. The van der Waals surface area contributed by atoms with Gasteiger partial charge in [-0.2, -0.15) is 0 Å². The van der Waals surface area contributed by atoms with Crippen molar-refractivity contribution in [2.75, 3.05) is 6.54 Å². The van der Waals surface area contributed by atoms with E-state index in [4.69, 9.17) is 17.3 Å². The molecule has 0 saturated heterocycles. The minimum absolute atomic E-state index is 0.410. The number of rotatable bonds is 5. The predicted molar refractivity (Wildman–Crippen MR) is 90.1 cm³/mol. The molecule has 2 N–H and O–H groups in total. The highest BCUT2D eigenvalue weighted by Crippen LogP contribution is 2.27. The minimum Gasteiger partial charge on any atom is -0.328 e. The van der Waals surface area contributed by atoms with E-state index in [-0.39, 0.29) is 0 Å². The maximum atomic E-state index is 6.13. The summed E-state index contributed by atoms with van der Waals surface area (Å²) in [4.78, 5) is 2.60. The third-order valence-corrected chi connectivity index (χ3v) is 5.16. The topological polar surface area (TPSA) is 29.3 Å². The number of nitrogens with two attached hydrogens (primary N) is 1. The quantitative estimate of drug-likeness (QED) is 0.833. The van der Waals surface area contributed by atoms with Gasteiger partial charge in [0.05, 0.1) is 0 Å². The van der Waals surface area contributed by atoms with Gasteiger partial charge in [0.25, 0.3) is 0 Å². The van der Waals surface area contributed by atoms with E-state index in [1.54, 1.807) is 0 Å². The van der Waals surface area contributed by atoms with Crippen LogP contribution in [0.2, 0.25) is 5.02 Å². The van der Waals surface area contributed by atoms with Crippen LogP contribution in [0.25, 0.3) is 0 Å². The van der Waals surface area contributed by atoms with Crippen molar-refractivity contribution in [2.45, 2.75) is 57.7 Å². The normalized spacial score (nSPS) is 23.2. The van der Waals surface area contributed by atoms with Gasteiger partial charge in [-0.15, -0.1) is 0 Å². The summed E-state index contributed by atoms with van der Waals surface area (Å²) in [6, 6.07) is 7.12. The first-order chi connectivity index (χ1) is 9.60. The van der Waals surface area contributed by atoms with Crippen LogP contribution in [0, 0.1) is 0 Å². The monoisotopic (exact) mass is 358 g/mol. The average Bonchev–Trinajstić information content (AvgIpc) is 2.43. The Hall–Kier alpha value is -0.0900. The maximum Gasteiger partial charge on any atom is 0.0410 e. The van der Waals surface area contributed by atoms with Crippen LogP contribution in [0.15, 0.2) is 22.7 Å². The van der Waals surface area contributed by atoms with E-state index in [1.165, 1.54) is 24.8 Å². The third kappa shape index (κ3) is 4.45. The summed E-state index contributed by atoms with van der Waals surface area (Å²) in [7, 11) is 0.